The largest absolute Gasteiger partial charge is 0.469 e. The van der Waals surface area contributed by atoms with Crippen molar-refractivity contribution in [2.24, 2.45) is 5.92 Å². The molecule has 2 aliphatic rings. The van der Waals surface area contributed by atoms with Crippen molar-refractivity contribution in [3.63, 3.8) is 0 Å². The van der Waals surface area contributed by atoms with E-state index in [1.165, 1.54) is 19.2 Å². The van der Waals surface area contributed by atoms with Crippen molar-refractivity contribution >= 4 is 17.3 Å². The monoisotopic (exact) mass is 390 g/mol. The van der Waals surface area contributed by atoms with Crippen LogP contribution in [0.15, 0.2) is 36.4 Å². The van der Waals surface area contributed by atoms with Crippen LogP contribution in [-0.2, 0) is 22.1 Å². The average Bonchev–Trinajstić information content (AvgIpc) is 2.65. The molecule has 7 heteroatoms. The third-order valence-electron chi connectivity index (χ3n) is 5.41. The smallest absolute Gasteiger partial charge is 0.416 e. The first kappa shape index (κ1) is 18.7. The van der Waals surface area contributed by atoms with Gasteiger partial charge in [0.15, 0.2) is 0 Å². The molecule has 1 fully saturated rings. The Morgan fingerprint density at radius 3 is 2.71 bits per heavy atom. The summed E-state index contributed by atoms with van der Waals surface area (Å²) in [5.74, 6) is -0.389. The Hall–Kier alpha value is -2.70. The van der Waals surface area contributed by atoms with Gasteiger partial charge >= 0.3 is 12.1 Å². The van der Waals surface area contributed by atoms with Crippen molar-refractivity contribution in [1.29, 1.82) is 0 Å². The Bertz CT molecular complexity index is 905. The fourth-order valence-corrected chi connectivity index (χ4v) is 3.87. The molecule has 148 valence electrons. The minimum Gasteiger partial charge on any atom is -0.469 e. The van der Waals surface area contributed by atoms with Crippen molar-refractivity contribution in [3.05, 3.63) is 47.5 Å². The Labute approximate surface area is 161 Å². The van der Waals surface area contributed by atoms with Crippen molar-refractivity contribution < 1.29 is 22.7 Å². The predicted molar refractivity (Wildman–Crippen MR) is 101 cm³/mol. The van der Waals surface area contributed by atoms with Gasteiger partial charge in [-0.15, -0.1) is 0 Å². The summed E-state index contributed by atoms with van der Waals surface area (Å²) in [7, 11) is 1.37. The molecule has 4 nitrogen and oxygen atoms in total. The van der Waals surface area contributed by atoms with Crippen LogP contribution in [-0.4, -0.2) is 32.7 Å². The van der Waals surface area contributed by atoms with Crippen LogP contribution < -0.4 is 10.2 Å². The van der Waals surface area contributed by atoms with Crippen LogP contribution in [0.3, 0.4) is 0 Å². The van der Waals surface area contributed by atoms with E-state index in [1.807, 2.05) is 29.2 Å². The first-order valence-corrected chi connectivity index (χ1v) is 9.28. The second-order valence-electron chi connectivity index (χ2n) is 7.26. The molecule has 1 N–H and O–H groups in total. The number of carbonyl (C=O) groups excluding carboxylic acids is 1. The van der Waals surface area contributed by atoms with E-state index in [1.54, 1.807) is 0 Å². The number of anilines is 2. The minimum absolute atomic E-state index is 0.156. The van der Waals surface area contributed by atoms with E-state index in [0.717, 1.165) is 29.9 Å². The van der Waals surface area contributed by atoms with Gasteiger partial charge in [0.25, 0.3) is 0 Å². The quantitative estimate of drug-likeness (QED) is 0.792. The SMILES string of the molecule is COC(=O)C1CN(c2cccc(-c3cc(C(F)(F)F)cc4c3NCCC4)c2)C1. The molecule has 0 unspecified atom stereocenters. The number of ether oxygens (including phenoxy) is 1. The van der Waals surface area contributed by atoms with Crippen LogP contribution in [0, 0.1) is 5.92 Å². The highest BCUT2D eigenvalue weighted by atomic mass is 19.4. The van der Waals surface area contributed by atoms with E-state index in [9.17, 15) is 18.0 Å². The highest BCUT2D eigenvalue weighted by molar-refractivity contribution is 5.84. The van der Waals surface area contributed by atoms with Crippen LogP contribution in [0.1, 0.15) is 17.5 Å². The molecule has 0 radical (unpaired) electrons. The second-order valence-corrected chi connectivity index (χ2v) is 7.26. The predicted octanol–water partition coefficient (Wildman–Crippen LogP) is 4.34. The van der Waals surface area contributed by atoms with Gasteiger partial charge in [-0.1, -0.05) is 12.1 Å². The molecule has 0 atom stereocenters. The summed E-state index contributed by atoms with van der Waals surface area (Å²) in [5, 5.41) is 3.27. The number of nitrogens with zero attached hydrogens (tertiary/aromatic N) is 1. The lowest BCUT2D eigenvalue weighted by molar-refractivity contribution is -0.146. The van der Waals surface area contributed by atoms with Gasteiger partial charge < -0.3 is 15.0 Å². The van der Waals surface area contributed by atoms with Gasteiger partial charge in [0, 0.05) is 36.6 Å². The highest BCUT2D eigenvalue weighted by Crippen LogP contribution is 2.41. The van der Waals surface area contributed by atoms with Gasteiger partial charge in [0.2, 0.25) is 0 Å². The first-order chi connectivity index (χ1) is 13.4. The third kappa shape index (κ3) is 3.41. The van der Waals surface area contributed by atoms with Crippen LogP contribution in [0.5, 0.6) is 0 Å². The fourth-order valence-electron chi connectivity index (χ4n) is 3.87. The van der Waals surface area contributed by atoms with Gasteiger partial charge in [0.05, 0.1) is 18.6 Å². The Morgan fingerprint density at radius 1 is 1.21 bits per heavy atom. The van der Waals surface area contributed by atoms with E-state index in [2.05, 4.69) is 5.32 Å². The molecule has 4 rings (SSSR count). The topological polar surface area (TPSA) is 41.6 Å². The number of benzene rings is 2. The van der Waals surface area contributed by atoms with E-state index in [0.29, 0.717) is 30.6 Å². The van der Waals surface area contributed by atoms with Crippen LogP contribution in [0.2, 0.25) is 0 Å². The normalized spacial score (nSPS) is 16.8. The van der Waals surface area contributed by atoms with E-state index >= 15 is 0 Å². The molecule has 2 heterocycles. The summed E-state index contributed by atoms with van der Waals surface area (Å²) in [4.78, 5) is 13.6. The summed E-state index contributed by atoms with van der Waals surface area (Å²) >= 11 is 0. The Kier molecular flexibility index (Phi) is 4.69. The molecule has 0 bridgehead atoms. The molecule has 2 aromatic carbocycles. The third-order valence-corrected chi connectivity index (χ3v) is 5.41. The number of halogens is 3. The van der Waals surface area contributed by atoms with Crippen molar-refractivity contribution in [3.8, 4) is 11.1 Å². The first-order valence-electron chi connectivity index (χ1n) is 9.28. The van der Waals surface area contributed by atoms with Crippen molar-refractivity contribution in [2.75, 3.05) is 37.0 Å². The number of esters is 1. The summed E-state index contributed by atoms with van der Waals surface area (Å²) < 4.78 is 45.0. The highest BCUT2D eigenvalue weighted by Gasteiger charge is 2.35. The number of fused-ring (bicyclic) bond motifs is 1. The maximum atomic E-state index is 13.4. The number of rotatable bonds is 3. The molecule has 0 aromatic heterocycles. The van der Waals surface area contributed by atoms with Crippen LogP contribution >= 0.6 is 0 Å². The number of nitrogens with one attached hydrogen (secondary N) is 1. The van der Waals surface area contributed by atoms with Gasteiger partial charge in [-0.25, -0.2) is 0 Å². The summed E-state index contributed by atoms with van der Waals surface area (Å²) in [6.07, 6.45) is -2.94. The Morgan fingerprint density at radius 2 is 2.00 bits per heavy atom. The second kappa shape index (κ2) is 7.04. The zero-order valence-electron chi connectivity index (χ0n) is 15.5. The Balaban J connectivity index is 1.69. The molecule has 0 aliphatic carbocycles. The van der Waals surface area contributed by atoms with Crippen LogP contribution in [0.25, 0.3) is 11.1 Å². The zero-order valence-corrected chi connectivity index (χ0v) is 15.5. The standard InChI is InChI=1S/C21H21F3N2O2/c1-28-20(27)15-11-26(12-15)17-6-2-4-13(9-17)18-10-16(21(22,23)24)8-14-5-3-7-25-19(14)18/h2,4,6,8-10,15,25H,3,5,7,11-12H2,1H3. The zero-order chi connectivity index (χ0) is 19.9. The van der Waals surface area contributed by atoms with E-state index < -0.39 is 11.7 Å². The molecule has 0 saturated carbocycles. The minimum atomic E-state index is -4.38. The molecular weight excluding hydrogens is 369 g/mol. The van der Waals surface area contributed by atoms with E-state index in [4.69, 9.17) is 4.74 Å². The number of alkyl halides is 3. The molecular formula is C21H21F3N2O2. The number of hydrogen-bond acceptors (Lipinski definition) is 4. The number of hydrogen-bond donors (Lipinski definition) is 1. The molecule has 28 heavy (non-hydrogen) atoms. The van der Waals surface area contributed by atoms with Crippen molar-refractivity contribution in [2.45, 2.75) is 19.0 Å². The number of aryl methyl sites for hydroxylation is 1. The molecule has 2 aliphatic heterocycles. The van der Waals surface area contributed by atoms with Gasteiger partial charge in [0.1, 0.15) is 0 Å². The fraction of sp³-hybridized carbons (Fsp3) is 0.381. The summed E-state index contributed by atoms with van der Waals surface area (Å²) in [5.41, 5.74) is 3.06. The van der Waals surface area contributed by atoms with Crippen molar-refractivity contribution in [1.82, 2.24) is 0 Å². The maximum Gasteiger partial charge on any atom is 0.416 e. The number of carbonyl (C=O) groups is 1. The van der Waals surface area contributed by atoms with Crippen LogP contribution in [0.4, 0.5) is 24.5 Å². The lowest BCUT2D eigenvalue weighted by Gasteiger charge is -2.39. The van der Waals surface area contributed by atoms with Gasteiger partial charge in [-0.05, 0) is 48.2 Å². The molecule has 0 spiro atoms. The molecule has 0 amide bonds. The lowest BCUT2D eigenvalue weighted by Crippen LogP contribution is -2.50. The maximum absolute atomic E-state index is 13.4. The van der Waals surface area contributed by atoms with E-state index in [-0.39, 0.29) is 11.9 Å². The summed E-state index contributed by atoms with van der Waals surface area (Å²) in [6.45, 7) is 1.85. The van der Waals surface area contributed by atoms with Gasteiger partial charge in [-0.3, -0.25) is 4.79 Å². The molecule has 1 saturated heterocycles. The van der Waals surface area contributed by atoms with Gasteiger partial charge in [-0.2, -0.15) is 13.2 Å². The summed E-state index contributed by atoms with van der Waals surface area (Å²) in [6, 6.07) is 9.94. The molecule has 2 aromatic rings. The average molecular weight is 390 g/mol. The number of methoxy groups -OCH3 is 1. The lowest BCUT2D eigenvalue weighted by atomic mass is 9.91.